The van der Waals surface area contributed by atoms with E-state index in [4.69, 9.17) is 0 Å². The van der Waals surface area contributed by atoms with Gasteiger partial charge < -0.3 is 9.88 Å². The molecule has 0 bridgehead atoms. The van der Waals surface area contributed by atoms with Crippen LogP contribution in [0.1, 0.15) is 44.4 Å². The molecular formula is C23H31N3O. The molecule has 2 aromatic rings. The van der Waals surface area contributed by atoms with Crippen molar-refractivity contribution in [3.63, 3.8) is 0 Å². The summed E-state index contributed by atoms with van der Waals surface area (Å²) in [5.41, 5.74) is 6.73. The number of aromatic amines is 1. The van der Waals surface area contributed by atoms with Gasteiger partial charge in [0.2, 0.25) is 5.91 Å². The Morgan fingerprint density at radius 3 is 2.78 bits per heavy atom. The van der Waals surface area contributed by atoms with E-state index in [0.717, 1.165) is 25.9 Å². The molecule has 0 spiro atoms. The van der Waals surface area contributed by atoms with E-state index < -0.39 is 0 Å². The van der Waals surface area contributed by atoms with Crippen molar-refractivity contribution in [3.05, 3.63) is 41.1 Å². The molecule has 0 saturated carbocycles. The molecule has 0 radical (unpaired) electrons. The Kier molecular flexibility index (Phi) is 4.63. The molecule has 2 atom stereocenters. The molecule has 1 aromatic carbocycles. The summed E-state index contributed by atoms with van der Waals surface area (Å²) < 4.78 is 0. The van der Waals surface area contributed by atoms with Gasteiger partial charge in [0.05, 0.1) is 5.92 Å². The molecule has 1 amide bonds. The van der Waals surface area contributed by atoms with Gasteiger partial charge in [0.1, 0.15) is 0 Å². The topological polar surface area (TPSA) is 39.3 Å². The van der Waals surface area contributed by atoms with Crippen molar-refractivity contribution in [1.82, 2.24) is 14.8 Å². The number of hydrogen-bond donors (Lipinski definition) is 1. The summed E-state index contributed by atoms with van der Waals surface area (Å²) in [6.07, 6.45) is 6.53. The van der Waals surface area contributed by atoms with Gasteiger partial charge in [0.15, 0.2) is 0 Å². The maximum Gasteiger partial charge on any atom is 0.230 e. The van der Waals surface area contributed by atoms with Crippen LogP contribution in [0.15, 0.2) is 24.4 Å². The number of H-pyrrole nitrogens is 1. The molecule has 2 heterocycles. The molecule has 4 heteroatoms. The molecule has 0 saturated heterocycles. The van der Waals surface area contributed by atoms with Crippen LogP contribution in [-0.4, -0.2) is 52.9 Å². The zero-order valence-corrected chi connectivity index (χ0v) is 17.2. The minimum atomic E-state index is -0.0648. The van der Waals surface area contributed by atoms with E-state index in [1.165, 1.54) is 33.2 Å². The molecule has 1 aromatic heterocycles. The first-order chi connectivity index (χ1) is 13.0. The third kappa shape index (κ3) is 2.82. The van der Waals surface area contributed by atoms with Crippen molar-refractivity contribution in [3.8, 4) is 0 Å². The van der Waals surface area contributed by atoms with Crippen LogP contribution in [-0.2, 0) is 17.6 Å². The van der Waals surface area contributed by atoms with Gasteiger partial charge >= 0.3 is 0 Å². The molecular weight excluding hydrogens is 334 g/mol. The molecule has 1 aliphatic carbocycles. The number of hydrogen-bond acceptors (Lipinski definition) is 2. The van der Waals surface area contributed by atoms with Crippen LogP contribution in [0.25, 0.3) is 16.5 Å². The number of nitrogens with one attached hydrogen (secondary N) is 1. The molecule has 4 rings (SSSR count). The third-order valence-electron chi connectivity index (χ3n) is 6.57. The Labute approximate surface area is 162 Å². The Morgan fingerprint density at radius 2 is 2.11 bits per heavy atom. The van der Waals surface area contributed by atoms with E-state index in [1.54, 1.807) is 0 Å². The summed E-state index contributed by atoms with van der Waals surface area (Å²) in [7, 11) is 1.92. The highest BCUT2D eigenvalue weighted by molar-refractivity contribution is 6.00. The van der Waals surface area contributed by atoms with E-state index >= 15 is 0 Å². The molecule has 1 aliphatic heterocycles. The van der Waals surface area contributed by atoms with Crippen molar-refractivity contribution in [1.29, 1.82) is 0 Å². The molecule has 144 valence electrons. The van der Waals surface area contributed by atoms with Crippen LogP contribution in [0, 0.1) is 5.92 Å². The lowest BCUT2D eigenvalue weighted by Gasteiger charge is -2.42. The summed E-state index contributed by atoms with van der Waals surface area (Å²) in [6.45, 7) is 10.4. The number of benzene rings is 1. The minimum absolute atomic E-state index is 0.0648. The van der Waals surface area contributed by atoms with Gasteiger partial charge in [-0.05, 0) is 55.5 Å². The average Bonchev–Trinajstić information content (AvgIpc) is 3.11. The molecule has 2 unspecified atom stereocenters. The van der Waals surface area contributed by atoms with Crippen LogP contribution in [0.2, 0.25) is 0 Å². The summed E-state index contributed by atoms with van der Waals surface area (Å²) in [4.78, 5) is 21.0. The lowest BCUT2D eigenvalue weighted by molar-refractivity contribution is -0.135. The van der Waals surface area contributed by atoms with Gasteiger partial charge in [-0.1, -0.05) is 32.1 Å². The van der Waals surface area contributed by atoms with Crippen molar-refractivity contribution in [2.24, 2.45) is 5.92 Å². The van der Waals surface area contributed by atoms with Crippen LogP contribution in [0.3, 0.4) is 0 Å². The second-order valence-corrected chi connectivity index (χ2v) is 8.27. The number of aromatic nitrogens is 1. The normalized spacial score (nSPS) is 22.1. The highest BCUT2D eigenvalue weighted by atomic mass is 16.2. The van der Waals surface area contributed by atoms with Crippen LogP contribution >= 0.6 is 0 Å². The molecule has 1 N–H and O–H groups in total. The summed E-state index contributed by atoms with van der Waals surface area (Å²) >= 11 is 0. The van der Waals surface area contributed by atoms with Gasteiger partial charge in [-0.25, -0.2) is 0 Å². The lowest BCUT2D eigenvalue weighted by atomic mass is 9.79. The second kappa shape index (κ2) is 6.83. The second-order valence-electron chi connectivity index (χ2n) is 8.27. The zero-order chi connectivity index (χ0) is 19.3. The van der Waals surface area contributed by atoms with Crippen LogP contribution in [0.5, 0.6) is 0 Å². The number of aryl methyl sites for hydroxylation is 1. The summed E-state index contributed by atoms with van der Waals surface area (Å²) in [5, 5.41) is 1.37. The first-order valence-corrected chi connectivity index (χ1v) is 10.3. The van der Waals surface area contributed by atoms with Crippen molar-refractivity contribution in [2.45, 2.75) is 52.6 Å². The minimum Gasteiger partial charge on any atom is -0.361 e. The predicted molar refractivity (Wildman–Crippen MR) is 112 cm³/mol. The van der Waals surface area contributed by atoms with Gasteiger partial charge in [0.25, 0.3) is 0 Å². The largest absolute Gasteiger partial charge is 0.361 e. The van der Waals surface area contributed by atoms with Gasteiger partial charge in [0, 0.05) is 42.8 Å². The number of carbonyl (C=O) groups is 1. The van der Waals surface area contributed by atoms with Gasteiger partial charge in [-0.2, -0.15) is 0 Å². The Hall–Kier alpha value is -2.07. The Morgan fingerprint density at radius 1 is 1.33 bits per heavy atom. The number of amides is 1. The van der Waals surface area contributed by atoms with Crippen LogP contribution in [0.4, 0.5) is 0 Å². The number of likely N-dealkylation sites (N-methyl/N-ethyl adjacent to an activating group) is 1. The fourth-order valence-electron chi connectivity index (χ4n) is 4.76. The fraction of sp³-hybridized carbons (Fsp3) is 0.522. The molecule has 2 aliphatic rings. The Balaban J connectivity index is 1.83. The summed E-state index contributed by atoms with van der Waals surface area (Å²) in [5.74, 6) is 0.167. The van der Waals surface area contributed by atoms with E-state index in [0.29, 0.717) is 6.04 Å². The smallest absolute Gasteiger partial charge is 0.230 e. The van der Waals surface area contributed by atoms with Gasteiger partial charge in [-0.15, -0.1) is 0 Å². The number of nitrogens with zero attached hydrogens (tertiary/aromatic N) is 2. The first kappa shape index (κ1) is 18.3. The highest BCUT2D eigenvalue weighted by Crippen LogP contribution is 2.42. The van der Waals surface area contributed by atoms with Gasteiger partial charge in [-0.3, -0.25) is 9.69 Å². The SMILES string of the molecule is CCc1ccc2c3c(c[nH]c13)CC1C2=CC(C(=O)N(C)C(C)C)CN1CC. The Bertz CT molecular complexity index is 908. The average molecular weight is 366 g/mol. The maximum atomic E-state index is 13.1. The van der Waals surface area contributed by atoms with E-state index in [2.05, 4.69) is 62.0 Å². The van der Waals surface area contributed by atoms with E-state index in [-0.39, 0.29) is 17.9 Å². The quantitative estimate of drug-likeness (QED) is 0.894. The molecule has 27 heavy (non-hydrogen) atoms. The predicted octanol–water partition coefficient (Wildman–Crippen LogP) is 3.86. The van der Waals surface area contributed by atoms with E-state index in [1.807, 2.05) is 11.9 Å². The number of fused-ring (bicyclic) bond motifs is 2. The van der Waals surface area contributed by atoms with E-state index in [9.17, 15) is 4.79 Å². The highest BCUT2D eigenvalue weighted by Gasteiger charge is 2.37. The third-order valence-corrected chi connectivity index (χ3v) is 6.57. The maximum absolute atomic E-state index is 13.1. The van der Waals surface area contributed by atoms with Crippen molar-refractivity contribution >= 4 is 22.4 Å². The number of carbonyl (C=O) groups excluding carboxylic acids is 1. The van der Waals surface area contributed by atoms with Crippen molar-refractivity contribution < 1.29 is 4.79 Å². The monoisotopic (exact) mass is 365 g/mol. The number of rotatable bonds is 4. The molecule has 0 fully saturated rings. The summed E-state index contributed by atoms with van der Waals surface area (Å²) in [6, 6.07) is 5.14. The lowest BCUT2D eigenvalue weighted by Crippen LogP contribution is -2.49. The molecule has 4 nitrogen and oxygen atoms in total. The fourth-order valence-corrected chi connectivity index (χ4v) is 4.76. The van der Waals surface area contributed by atoms with Crippen molar-refractivity contribution in [2.75, 3.05) is 20.1 Å². The standard InChI is InChI=1S/C23H31N3O/c1-6-15-8-9-18-19-10-17(23(27)25(5)14(3)4)13-26(7-2)20(19)11-16-12-24-22(15)21(16)18/h8-10,12,14,17,20,24H,6-7,11,13H2,1-5H3. The zero-order valence-electron chi connectivity index (χ0n) is 17.2. The van der Waals surface area contributed by atoms with Crippen LogP contribution < -0.4 is 0 Å². The first-order valence-electron chi connectivity index (χ1n) is 10.3.